The van der Waals surface area contributed by atoms with Gasteiger partial charge in [0.2, 0.25) is 0 Å². The second-order valence-corrected chi connectivity index (χ2v) is 4.48. The number of alkyl halides is 3. The van der Waals surface area contributed by atoms with E-state index >= 15 is 0 Å². The van der Waals surface area contributed by atoms with Gasteiger partial charge in [-0.2, -0.15) is 0 Å². The van der Waals surface area contributed by atoms with Gasteiger partial charge in [0.15, 0.2) is 0 Å². The molecule has 1 aromatic carbocycles. The summed E-state index contributed by atoms with van der Waals surface area (Å²) in [6.07, 6.45) is -0.814. The molecule has 108 valence electrons. The lowest BCUT2D eigenvalue weighted by atomic mass is 10.0. The van der Waals surface area contributed by atoms with Crippen molar-refractivity contribution in [3.63, 3.8) is 0 Å². The Morgan fingerprint density at radius 1 is 1.20 bits per heavy atom. The smallest absolute Gasteiger partial charge is 0.406 e. The van der Waals surface area contributed by atoms with E-state index in [9.17, 15) is 13.2 Å². The third-order valence-electron chi connectivity index (χ3n) is 3.04. The first kappa shape index (κ1) is 14.5. The zero-order chi connectivity index (χ0) is 14.8. The average Bonchev–Trinajstić information content (AvgIpc) is 2.37. The number of hydrogen-bond donors (Lipinski definition) is 1. The monoisotopic (exact) mass is 284 g/mol. The first-order valence-electron chi connectivity index (χ1n) is 6.06. The normalized spacial score (nSPS) is 15.8. The highest BCUT2D eigenvalue weighted by molar-refractivity contribution is 5.70. The van der Waals surface area contributed by atoms with Crippen molar-refractivity contribution in [1.29, 1.82) is 0 Å². The molecule has 1 aromatic rings. The van der Waals surface area contributed by atoms with Crippen LogP contribution in [-0.2, 0) is 0 Å². The minimum atomic E-state index is -4.66. The molecule has 0 saturated carbocycles. The van der Waals surface area contributed by atoms with Gasteiger partial charge in [-0.3, -0.25) is 0 Å². The molecule has 0 radical (unpaired) electrons. The highest BCUT2D eigenvalue weighted by atomic mass is 19.4. The largest absolute Gasteiger partial charge is 0.573 e. The van der Waals surface area contributed by atoms with E-state index in [1.54, 1.807) is 12.1 Å². The molecule has 0 atom stereocenters. The van der Waals surface area contributed by atoms with Gasteiger partial charge in [-0.25, -0.2) is 0 Å². The van der Waals surface area contributed by atoms with Crippen LogP contribution in [0.25, 0.3) is 5.57 Å². The zero-order valence-corrected chi connectivity index (χ0v) is 10.9. The number of nitrogens with two attached hydrogens (primary N) is 1. The van der Waals surface area contributed by atoms with Crippen LogP contribution in [0, 0.1) is 0 Å². The van der Waals surface area contributed by atoms with E-state index in [-0.39, 0.29) is 5.75 Å². The van der Waals surface area contributed by atoms with E-state index in [0.717, 1.165) is 16.8 Å². The lowest BCUT2D eigenvalue weighted by Crippen LogP contribution is -2.27. The molecule has 0 unspecified atom stereocenters. The Bertz CT molecular complexity index is 532. The molecule has 2 N–H and O–H groups in total. The van der Waals surface area contributed by atoms with Gasteiger partial charge in [0.1, 0.15) is 5.75 Å². The van der Waals surface area contributed by atoms with Crippen LogP contribution in [0.3, 0.4) is 0 Å². The molecule has 0 bridgehead atoms. The van der Waals surface area contributed by atoms with E-state index in [4.69, 9.17) is 5.73 Å². The fourth-order valence-corrected chi connectivity index (χ4v) is 2.02. The van der Waals surface area contributed by atoms with Gasteiger partial charge < -0.3 is 15.4 Å². The maximum Gasteiger partial charge on any atom is 0.573 e. The topological polar surface area (TPSA) is 38.5 Å². The lowest BCUT2D eigenvalue weighted by molar-refractivity contribution is -0.274. The molecular formula is C14H15F3N2O. The van der Waals surface area contributed by atoms with Gasteiger partial charge >= 0.3 is 6.36 Å². The molecule has 20 heavy (non-hydrogen) atoms. The summed E-state index contributed by atoms with van der Waals surface area (Å²) in [5.41, 5.74) is 8.49. The van der Waals surface area contributed by atoms with Gasteiger partial charge in [0.05, 0.1) is 0 Å². The van der Waals surface area contributed by atoms with Crippen LogP contribution in [0.15, 0.2) is 42.1 Å². The predicted molar refractivity (Wildman–Crippen MR) is 70.9 cm³/mol. The van der Waals surface area contributed by atoms with Gasteiger partial charge in [-0.05, 0) is 29.3 Å². The van der Waals surface area contributed by atoms with Crippen LogP contribution in [-0.4, -0.2) is 31.4 Å². The van der Waals surface area contributed by atoms with Crippen molar-refractivity contribution in [3.8, 4) is 5.75 Å². The Morgan fingerprint density at radius 3 is 2.35 bits per heavy atom. The fraction of sp³-hybridized carbons (Fsp3) is 0.286. The van der Waals surface area contributed by atoms with E-state index in [2.05, 4.69) is 4.74 Å². The Morgan fingerprint density at radius 2 is 1.85 bits per heavy atom. The van der Waals surface area contributed by atoms with Gasteiger partial charge in [0, 0.05) is 25.8 Å². The molecule has 1 aliphatic rings. The SMILES string of the molecule is CN1CC(c2ccc(OC(F)(F)F)cc2)=CC=C1CN. The fourth-order valence-electron chi connectivity index (χ4n) is 2.02. The molecule has 0 spiro atoms. The predicted octanol–water partition coefficient (Wildman–Crippen LogP) is 2.76. The van der Waals surface area contributed by atoms with Crippen molar-refractivity contribution < 1.29 is 17.9 Å². The number of halogens is 3. The van der Waals surface area contributed by atoms with E-state index in [0.29, 0.717) is 13.1 Å². The maximum absolute atomic E-state index is 12.1. The van der Waals surface area contributed by atoms with Gasteiger partial charge in [0.25, 0.3) is 0 Å². The third kappa shape index (κ3) is 3.54. The van der Waals surface area contributed by atoms with Crippen LogP contribution in [0.5, 0.6) is 5.75 Å². The molecule has 2 rings (SSSR count). The summed E-state index contributed by atoms with van der Waals surface area (Å²) in [4.78, 5) is 2.01. The molecule has 0 fully saturated rings. The zero-order valence-electron chi connectivity index (χ0n) is 10.9. The van der Waals surface area contributed by atoms with Crippen LogP contribution in [0.4, 0.5) is 13.2 Å². The standard InChI is InChI=1S/C14H15F3N2O/c1-19-9-11(2-5-12(19)8-18)10-3-6-13(7-4-10)20-14(15,16)17/h2-7H,8-9,18H2,1H3. The van der Waals surface area contributed by atoms with Crippen molar-refractivity contribution >= 4 is 5.57 Å². The summed E-state index contributed by atoms with van der Waals surface area (Å²) in [5.74, 6) is -0.218. The molecule has 0 aliphatic carbocycles. The summed E-state index contributed by atoms with van der Waals surface area (Å²) in [6, 6.07) is 5.85. The highest BCUT2D eigenvalue weighted by Crippen LogP contribution is 2.26. The second kappa shape index (κ2) is 5.58. The van der Waals surface area contributed by atoms with Crippen molar-refractivity contribution in [2.75, 3.05) is 20.1 Å². The molecule has 1 heterocycles. The first-order chi connectivity index (χ1) is 9.39. The maximum atomic E-state index is 12.1. The second-order valence-electron chi connectivity index (χ2n) is 4.48. The summed E-state index contributed by atoms with van der Waals surface area (Å²) in [6.45, 7) is 1.13. The number of rotatable bonds is 3. The molecule has 0 aromatic heterocycles. The number of allylic oxidation sites excluding steroid dienone is 2. The van der Waals surface area contributed by atoms with Crippen molar-refractivity contribution in [2.24, 2.45) is 5.73 Å². The van der Waals surface area contributed by atoms with Crippen LogP contribution in [0.2, 0.25) is 0 Å². The summed E-state index contributed by atoms with van der Waals surface area (Å²) >= 11 is 0. The highest BCUT2D eigenvalue weighted by Gasteiger charge is 2.31. The molecule has 6 heteroatoms. The first-order valence-corrected chi connectivity index (χ1v) is 6.06. The van der Waals surface area contributed by atoms with E-state index in [1.807, 2.05) is 24.1 Å². The van der Waals surface area contributed by atoms with E-state index < -0.39 is 6.36 Å². The summed E-state index contributed by atoms with van der Waals surface area (Å²) < 4.78 is 40.1. The summed E-state index contributed by atoms with van der Waals surface area (Å²) in [7, 11) is 1.92. The van der Waals surface area contributed by atoms with Gasteiger partial charge in [-0.1, -0.05) is 18.2 Å². The number of benzene rings is 1. The molecule has 1 aliphatic heterocycles. The Hall–Kier alpha value is -1.95. The number of likely N-dealkylation sites (N-methyl/N-ethyl adjacent to an activating group) is 1. The van der Waals surface area contributed by atoms with Crippen LogP contribution < -0.4 is 10.5 Å². The summed E-state index contributed by atoms with van der Waals surface area (Å²) in [5, 5.41) is 0. The van der Waals surface area contributed by atoms with Crippen LogP contribution in [0.1, 0.15) is 5.56 Å². The van der Waals surface area contributed by atoms with Crippen molar-refractivity contribution in [1.82, 2.24) is 4.90 Å². The third-order valence-corrected chi connectivity index (χ3v) is 3.04. The van der Waals surface area contributed by atoms with Crippen molar-refractivity contribution in [2.45, 2.75) is 6.36 Å². The lowest BCUT2D eigenvalue weighted by Gasteiger charge is -2.26. The Labute approximate surface area is 115 Å². The Balaban J connectivity index is 2.15. The van der Waals surface area contributed by atoms with Gasteiger partial charge in [-0.15, -0.1) is 13.2 Å². The quantitative estimate of drug-likeness (QED) is 0.927. The Kier molecular flexibility index (Phi) is 4.04. The number of ether oxygens (including phenoxy) is 1. The number of nitrogens with zero attached hydrogens (tertiary/aromatic N) is 1. The van der Waals surface area contributed by atoms with Crippen LogP contribution >= 0.6 is 0 Å². The van der Waals surface area contributed by atoms with E-state index in [1.165, 1.54) is 12.1 Å². The minimum Gasteiger partial charge on any atom is -0.406 e. The minimum absolute atomic E-state index is 0.218. The number of hydrogen-bond acceptors (Lipinski definition) is 3. The molecule has 0 saturated heterocycles. The molecule has 3 nitrogen and oxygen atoms in total. The molecular weight excluding hydrogens is 269 g/mol. The average molecular weight is 284 g/mol. The molecule has 0 amide bonds. The van der Waals surface area contributed by atoms with Crippen molar-refractivity contribution in [3.05, 3.63) is 47.7 Å².